The molecule has 0 aromatic rings. The van der Waals surface area contributed by atoms with Crippen LogP contribution in [-0.4, -0.2) is 104 Å². The summed E-state index contributed by atoms with van der Waals surface area (Å²) in [6.45, 7) is -0.938. The van der Waals surface area contributed by atoms with Crippen LogP contribution in [0.1, 0.15) is 0 Å². The fourth-order valence-electron chi connectivity index (χ4n) is 2.29. The number of aliphatic hydroxyl groups excluding tert-OH is 7. The topological polar surface area (TPSA) is 169 Å². The van der Waals surface area contributed by atoms with Crippen LogP contribution in [0.15, 0.2) is 0 Å². The molecule has 2 heterocycles. The maximum atomic E-state index is 9.79. The van der Waals surface area contributed by atoms with Crippen molar-refractivity contribution < 1.29 is 50.0 Å². The predicted molar refractivity (Wildman–Crippen MR) is 62.6 cm³/mol. The molecule has 7 N–H and O–H groups in total. The molecule has 21 heavy (non-hydrogen) atoms. The van der Waals surface area contributed by atoms with Gasteiger partial charge in [0.05, 0.1) is 13.2 Å². The van der Waals surface area contributed by atoms with Gasteiger partial charge in [0.2, 0.25) is 0 Å². The second-order valence-electron chi connectivity index (χ2n) is 5.08. The first-order valence-corrected chi connectivity index (χ1v) is 6.48. The summed E-state index contributed by atoms with van der Waals surface area (Å²) in [6.07, 6.45) is -13.3. The van der Waals surface area contributed by atoms with Gasteiger partial charge in [-0.05, 0) is 0 Å². The highest BCUT2D eigenvalue weighted by Gasteiger charge is 2.48. The number of ether oxygens (including phenoxy) is 3. The van der Waals surface area contributed by atoms with Crippen molar-refractivity contribution in [2.24, 2.45) is 0 Å². The van der Waals surface area contributed by atoms with Crippen molar-refractivity contribution in [3.63, 3.8) is 0 Å². The molecule has 124 valence electrons. The summed E-state index contributed by atoms with van der Waals surface area (Å²) in [5.41, 5.74) is 0. The number of rotatable bonds is 3. The summed E-state index contributed by atoms with van der Waals surface area (Å²) < 4.78 is 15.0. The molecule has 0 aromatic carbocycles. The molecule has 0 radical (unpaired) electrons. The minimum Gasteiger partial charge on any atom is -0.394 e. The van der Waals surface area contributed by atoms with E-state index in [1.807, 2.05) is 0 Å². The van der Waals surface area contributed by atoms with E-state index in [2.05, 4.69) is 4.74 Å². The fraction of sp³-hybridized carbons (Fsp3) is 1.00. The van der Waals surface area contributed by atoms with Crippen molar-refractivity contribution in [3.8, 4) is 0 Å². The summed E-state index contributed by atoms with van der Waals surface area (Å²) >= 11 is 0. The van der Waals surface area contributed by atoms with Crippen LogP contribution in [0, 0.1) is 0 Å². The molecule has 2 aliphatic heterocycles. The van der Waals surface area contributed by atoms with Crippen LogP contribution >= 0.6 is 0 Å². The van der Waals surface area contributed by atoms with E-state index >= 15 is 0 Å². The van der Waals surface area contributed by atoms with Crippen molar-refractivity contribution in [1.82, 2.24) is 0 Å². The van der Waals surface area contributed by atoms with Crippen LogP contribution in [0.3, 0.4) is 0 Å². The Balaban J connectivity index is 2.06. The Morgan fingerprint density at radius 1 is 0.905 bits per heavy atom. The molecule has 0 aliphatic carbocycles. The number of hydrogen-bond donors (Lipinski definition) is 7. The third kappa shape index (κ3) is 3.35. The summed E-state index contributed by atoms with van der Waals surface area (Å²) in [5, 5.41) is 66.8. The second-order valence-corrected chi connectivity index (χ2v) is 5.08. The fourth-order valence-corrected chi connectivity index (χ4v) is 2.29. The Morgan fingerprint density at radius 2 is 1.57 bits per heavy atom. The third-order valence-corrected chi connectivity index (χ3v) is 3.59. The lowest BCUT2D eigenvalue weighted by Gasteiger charge is -2.43. The van der Waals surface area contributed by atoms with E-state index in [0.717, 1.165) is 0 Å². The Bertz CT molecular complexity index is 339. The molecule has 0 spiro atoms. The lowest BCUT2D eigenvalue weighted by molar-refractivity contribution is -0.345. The van der Waals surface area contributed by atoms with Gasteiger partial charge in [-0.15, -0.1) is 0 Å². The first kappa shape index (κ1) is 17.0. The lowest BCUT2D eigenvalue weighted by atomic mass is 9.98. The third-order valence-electron chi connectivity index (χ3n) is 3.59. The highest BCUT2D eigenvalue weighted by Crippen LogP contribution is 2.26. The zero-order valence-corrected chi connectivity index (χ0v) is 11.0. The van der Waals surface area contributed by atoms with Gasteiger partial charge in [0, 0.05) is 0 Å². The van der Waals surface area contributed by atoms with Gasteiger partial charge in [0.25, 0.3) is 0 Å². The molecule has 9 atom stereocenters. The largest absolute Gasteiger partial charge is 0.394 e. The minimum absolute atomic E-state index is 0.305. The Morgan fingerprint density at radius 3 is 2.19 bits per heavy atom. The Hall–Kier alpha value is -0.400. The van der Waals surface area contributed by atoms with Crippen molar-refractivity contribution >= 4 is 0 Å². The molecule has 10 nitrogen and oxygen atoms in total. The van der Waals surface area contributed by atoms with E-state index < -0.39 is 61.9 Å². The van der Waals surface area contributed by atoms with E-state index in [1.165, 1.54) is 0 Å². The SMILES string of the molecule is OC[C@H]1O[C@@H](O[C@H]2[C@@H](O)[C@@H](O)OC[C@H]2O)[C@H](O)[C@@H](O)[C@@H]1O. The van der Waals surface area contributed by atoms with Crippen molar-refractivity contribution in [1.29, 1.82) is 0 Å². The van der Waals surface area contributed by atoms with E-state index in [1.54, 1.807) is 0 Å². The molecule has 0 saturated carbocycles. The molecule has 2 saturated heterocycles. The van der Waals surface area contributed by atoms with Gasteiger partial charge in [0.1, 0.15) is 42.7 Å². The van der Waals surface area contributed by atoms with Gasteiger partial charge in [-0.25, -0.2) is 0 Å². The van der Waals surface area contributed by atoms with Gasteiger partial charge in [0.15, 0.2) is 12.6 Å². The van der Waals surface area contributed by atoms with Crippen LogP contribution < -0.4 is 0 Å². The molecule has 0 unspecified atom stereocenters. The molecular weight excluding hydrogens is 292 g/mol. The van der Waals surface area contributed by atoms with Crippen molar-refractivity contribution in [2.45, 2.75) is 55.3 Å². The van der Waals surface area contributed by atoms with Gasteiger partial charge in [-0.3, -0.25) is 0 Å². The average molecular weight is 312 g/mol. The van der Waals surface area contributed by atoms with Crippen LogP contribution in [0.25, 0.3) is 0 Å². The van der Waals surface area contributed by atoms with E-state index in [9.17, 15) is 30.6 Å². The first-order chi connectivity index (χ1) is 9.86. The lowest BCUT2D eigenvalue weighted by Crippen LogP contribution is -2.62. The van der Waals surface area contributed by atoms with Crippen LogP contribution in [-0.2, 0) is 14.2 Å². The van der Waals surface area contributed by atoms with Gasteiger partial charge in [-0.2, -0.15) is 0 Å². The zero-order chi connectivity index (χ0) is 15.7. The van der Waals surface area contributed by atoms with E-state index in [0.29, 0.717) is 0 Å². The predicted octanol–water partition coefficient (Wildman–Crippen LogP) is -4.76. The molecule has 2 aliphatic rings. The maximum absolute atomic E-state index is 9.79. The maximum Gasteiger partial charge on any atom is 0.187 e. The Kier molecular flexibility index (Phi) is 5.48. The van der Waals surface area contributed by atoms with Gasteiger partial charge >= 0.3 is 0 Å². The van der Waals surface area contributed by atoms with E-state index in [4.69, 9.17) is 14.6 Å². The molecule has 0 bridgehead atoms. The van der Waals surface area contributed by atoms with Crippen LogP contribution in [0.4, 0.5) is 0 Å². The molecular formula is C11H20O10. The van der Waals surface area contributed by atoms with Gasteiger partial charge < -0.3 is 50.0 Å². The summed E-state index contributed by atoms with van der Waals surface area (Å²) in [7, 11) is 0. The number of aliphatic hydroxyl groups is 7. The standard InChI is InChI=1S/C11H20O10/c12-1-4-5(14)6(15)7(16)11(20-4)21-9-3(13)2-19-10(18)8(9)17/h3-18H,1-2H2/t3-,4-,5-,6+,7-,8-,9-,10+,11+/m1/s1. The van der Waals surface area contributed by atoms with E-state index in [-0.39, 0.29) is 6.61 Å². The smallest absolute Gasteiger partial charge is 0.187 e. The summed E-state index contributed by atoms with van der Waals surface area (Å²) in [5.74, 6) is 0. The number of hydrogen-bond acceptors (Lipinski definition) is 10. The highest BCUT2D eigenvalue weighted by molar-refractivity contribution is 4.91. The second kappa shape index (κ2) is 6.79. The molecule has 0 amide bonds. The monoisotopic (exact) mass is 312 g/mol. The highest BCUT2D eigenvalue weighted by atomic mass is 16.7. The molecule has 10 heteroatoms. The quantitative estimate of drug-likeness (QED) is 0.268. The van der Waals surface area contributed by atoms with Crippen LogP contribution in [0.5, 0.6) is 0 Å². The van der Waals surface area contributed by atoms with Gasteiger partial charge in [-0.1, -0.05) is 0 Å². The van der Waals surface area contributed by atoms with Crippen LogP contribution in [0.2, 0.25) is 0 Å². The zero-order valence-electron chi connectivity index (χ0n) is 11.0. The Labute approximate surface area is 119 Å². The van der Waals surface area contributed by atoms with Crippen molar-refractivity contribution in [2.75, 3.05) is 13.2 Å². The summed E-state index contributed by atoms with van der Waals surface area (Å²) in [6, 6.07) is 0. The minimum atomic E-state index is -1.66. The first-order valence-electron chi connectivity index (χ1n) is 6.48. The average Bonchev–Trinajstić information content (AvgIpc) is 2.47. The molecule has 2 rings (SSSR count). The molecule has 2 fully saturated rings. The normalized spacial score (nSPS) is 51.9. The molecule has 0 aromatic heterocycles. The summed E-state index contributed by atoms with van der Waals surface area (Å²) in [4.78, 5) is 0. The van der Waals surface area contributed by atoms with Crippen molar-refractivity contribution in [3.05, 3.63) is 0 Å².